The van der Waals surface area contributed by atoms with Gasteiger partial charge in [0.1, 0.15) is 11.5 Å². The van der Waals surface area contributed by atoms with E-state index in [4.69, 9.17) is 11.6 Å². The number of fused-ring (bicyclic) bond motifs is 2. The smallest absolute Gasteiger partial charge is 0.271 e. The Balaban J connectivity index is 1.50. The topological polar surface area (TPSA) is 83.0 Å². The minimum Gasteiger partial charge on any atom is -0.356 e. The molecule has 26 heavy (non-hydrogen) atoms. The summed E-state index contributed by atoms with van der Waals surface area (Å²) in [5.74, 6) is 2.70. The van der Waals surface area contributed by atoms with Crippen LogP contribution in [0.1, 0.15) is 29.8 Å². The summed E-state index contributed by atoms with van der Waals surface area (Å²) in [7, 11) is 1.54. The average molecular weight is 373 g/mol. The van der Waals surface area contributed by atoms with Crippen molar-refractivity contribution in [2.45, 2.75) is 19.3 Å². The zero-order valence-electron chi connectivity index (χ0n) is 14.6. The molecule has 2 atom stereocenters. The first-order valence-electron chi connectivity index (χ1n) is 8.85. The van der Waals surface area contributed by atoms with Gasteiger partial charge in [0.2, 0.25) is 5.95 Å². The summed E-state index contributed by atoms with van der Waals surface area (Å²) < 4.78 is 0. The van der Waals surface area contributed by atoms with Crippen LogP contribution < -0.4 is 15.5 Å². The van der Waals surface area contributed by atoms with Gasteiger partial charge in [0, 0.05) is 26.3 Å². The first kappa shape index (κ1) is 17.0. The predicted molar refractivity (Wildman–Crippen MR) is 101 cm³/mol. The van der Waals surface area contributed by atoms with Gasteiger partial charge in [-0.25, -0.2) is 9.97 Å². The fraction of sp³-hybridized carbons (Fsp3) is 0.444. The molecule has 1 aliphatic heterocycles. The molecule has 1 amide bonds. The SMILES string of the molecule is CNC(=O)c1ncc(Nc2nccc(N3C[C@@H]4CC[C@@H](C4)C3)n2)cc1Cl. The molecule has 1 aliphatic carbocycles. The molecular formula is C18H21ClN6O. The van der Waals surface area contributed by atoms with E-state index in [2.05, 4.69) is 30.5 Å². The Kier molecular flexibility index (Phi) is 4.63. The van der Waals surface area contributed by atoms with E-state index in [9.17, 15) is 4.79 Å². The van der Waals surface area contributed by atoms with Crippen molar-refractivity contribution in [3.8, 4) is 0 Å². The normalized spacial score (nSPS) is 21.5. The number of rotatable bonds is 4. The third kappa shape index (κ3) is 3.44. The summed E-state index contributed by atoms with van der Waals surface area (Å²) in [4.78, 5) is 27.1. The van der Waals surface area contributed by atoms with Gasteiger partial charge in [-0.2, -0.15) is 4.98 Å². The number of piperidine rings is 1. The number of carbonyl (C=O) groups is 1. The van der Waals surface area contributed by atoms with Crippen LogP contribution in [-0.2, 0) is 0 Å². The standard InChI is InChI=1S/C18H21ClN6O/c1-20-17(26)16-14(19)7-13(8-22-16)23-18-21-5-4-15(24-18)25-9-11-2-3-12(6-11)10-25/h4-5,7-8,11-12H,2-3,6,9-10H2,1H3,(H,20,26)(H,21,23,24)/t11-,12+. The molecule has 7 nitrogen and oxygen atoms in total. The van der Waals surface area contributed by atoms with Crippen LogP contribution in [0.2, 0.25) is 5.02 Å². The molecule has 0 radical (unpaired) electrons. The lowest BCUT2D eigenvalue weighted by Crippen LogP contribution is -2.36. The first-order chi connectivity index (χ1) is 12.6. The van der Waals surface area contributed by atoms with Gasteiger partial charge in [-0.15, -0.1) is 0 Å². The van der Waals surface area contributed by atoms with E-state index in [0.29, 0.717) is 11.6 Å². The molecule has 0 spiro atoms. The molecule has 1 saturated carbocycles. The molecule has 8 heteroatoms. The summed E-state index contributed by atoms with van der Waals surface area (Å²) in [5, 5.41) is 5.91. The van der Waals surface area contributed by atoms with Crippen molar-refractivity contribution in [2.24, 2.45) is 11.8 Å². The molecule has 2 bridgehead atoms. The van der Waals surface area contributed by atoms with Gasteiger partial charge in [0.05, 0.1) is 16.9 Å². The minimum absolute atomic E-state index is 0.193. The molecule has 3 heterocycles. The Morgan fingerprint density at radius 2 is 2.04 bits per heavy atom. The van der Waals surface area contributed by atoms with Crippen LogP contribution >= 0.6 is 11.6 Å². The van der Waals surface area contributed by atoms with Gasteiger partial charge in [0.15, 0.2) is 0 Å². The molecule has 2 N–H and O–H groups in total. The number of hydrogen-bond donors (Lipinski definition) is 2. The number of nitrogens with zero attached hydrogens (tertiary/aromatic N) is 4. The minimum atomic E-state index is -0.320. The second-order valence-electron chi connectivity index (χ2n) is 6.95. The van der Waals surface area contributed by atoms with Gasteiger partial charge in [-0.1, -0.05) is 11.6 Å². The van der Waals surface area contributed by atoms with E-state index in [1.807, 2.05) is 6.07 Å². The Bertz CT molecular complexity index is 817. The Morgan fingerprint density at radius 1 is 1.27 bits per heavy atom. The van der Waals surface area contributed by atoms with Gasteiger partial charge in [0.25, 0.3) is 5.91 Å². The molecule has 4 rings (SSSR count). The predicted octanol–water partition coefficient (Wildman–Crippen LogP) is 2.86. The molecule has 2 aliphatic rings. The molecule has 1 saturated heterocycles. The van der Waals surface area contributed by atoms with Crippen LogP contribution in [0.4, 0.5) is 17.5 Å². The number of hydrogen-bond acceptors (Lipinski definition) is 6. The monoisotopic (exact) mass is 372 g/mol. The lowest BCUT2D eigenvalue weighted by atomic mass is 9.99. The highest BCUT2D eigenvalue weighted by atomic mass is 35.5. The van der Waals surface area contributed by atoms with Crippen molar-refractivity contribution in [3.63, 3.8) is 0 Å². The number of amides is 1. The number of anilines is 3. The zero-order valence-corrected chi connectivity index (χ0v) is 15.3. The van der Waals surface area contributed by atoms with Crippen LogP contribution in [0, 0.1) is 11.8 Å². The fourth-order valence-electron chi connectivity index (χ4n) is 3.90. The van der Waals surface area contributed by atoms with Crippen LogP contribution in [0.5, 0.6) is 0 Å². The van der Waals surface area contributed by atoms with Crippen LogP contribution in [0.25, 0.3) is 0 Å². The van der Waals surface area contributed by atoms with Crippen molar-refractivity contribution in [1.82, 2.24) is 20.3 Å². The largest absolute Gasteiger partial charge is 0.356 e. The highest BCUT2D eigenvalue weighted by molar-refractivity contribution is 6.33. The van der Waals surface area contributed by atoms with Crippen molar-refractivity contribution in [2.75, 3.05) is 30.4 Å². The fourth-order valence-corrected chi connectivity index (χ4v) is 4.15. The maximum absolute atomic E-state index is 11.7. The second kappa shape index (κ2) is 7.07. The molecule has 2 fully saturated rings. The van der Waals surface area contributed by atoms with E-state index in [0.717, 1.165) is 30.7 Å². The summed E-state index contributed by atoms with van der Waals surface area (Å²) >= 11 is 6.15. The number of nitrogens with one attached hydrogen (secondary N) is 2. The van der Waals surface area contributed by atoms with Crippen LogP contribution in [0.3, 0.4) is 0 Å². The summed E-state index contributed by atoms with van der Waals surface area (Å²) in [6.45, 7) is 2.14. The number of pyridine rings is 1. The quantitative estimate of drug-likeness (QED) is 0.858. The summed E-state index contributed by atoms with van der Waals surface area (Å²) in [6.07, 6.45) is 7.33. The molecular weight excluding hydrogens is 352 g/mol. The van der Waals surface area contributed by atoms with E-state index in [1.54, 1.807) is 25.5 Å². The van der Waals surface area contributed by atoms with Crippen molar-refractivity contribution < 1.29 is 4.79 Å². The Morgan fingerprint density at radius 3 is 2.73 bits per heavy atom. The number of aromatic nitrogens is 3. The molecule has 0 aromatic carbocycles. The van der Waals surface area contributed by atoms with Gasteiger partial charge in [-0.3, -0.25) is 4.79 Å². The number of halogens is 1. The number of carbonyl (C=O) groups excluding carboxylic acids is 1. The summed E-state index contributed by atoms with van der Waals surface area (Å²) in [6, 6.07) is 3.60. The third-order valence-electron chi connectivity index (χ3n) is 5.11. The average Bonchev–Trinajstić information content (AvgIpc) is 2.99. The van der Waals surface area contributed by atoms with E-state index in [-0.39, 0.29) is 16.6 Å². The Hall–Kier alpha value is -2.41. The van der Waals surface area contributed by atoms with E-state index in [1.165, 1.54) is 19.3 Å². The maximum Gasteiger partial charge on any atom is 0.271 e. The second-order valence-corrected chi connectivity index (χ2v) is 7.35. The highest BCUT2D eigenvalue weighted by Crippen LogP contribution is 2.37. The van der Waals surface area contributed by atoms with Crippen LogP contribution in [-0.4, -0.2) is 41.0 Å². The van der Waals surface area contributed by atoms with E-state index >= 15 is 0 Å². The van der Waals surface area contributed by atoms with Crippen LogP contribution in [0.15, 0.2) is 24.5 Å². The van der Waals surface area contributed by atoms with E-state index < -0.39 is 0 Å². The maximum atomic E-state index is 11.7. The van der Waals surface area contributed by atoms with Crippen molar-refractivity contribution >= 4 is 35.0 Å². The van der Waals surface area contributed by atoms with Gasteiger partial charge in [-0.05, 0) is 43.2 Å². The first-order valence-corrected chi connectivity index (χ1v) is 9.23. The lowest BCUT2D eigenvalue weighted by Gasteiger charge is -2.32. The molecule has 0 unspecified atom stereocenters. The summed E-state index contributed by atoms with van der Waals surface area (Å²) in [5.41, 5.74) is 0.830. The van der Waals surface area contributed by atoms with Gasteiger partial charge < -0.3 is 15.5 Å². The van der Waals surface area contributed by atoms with Crippen molar-refractivity contribution in [1.29, 1.82) is 0 Å². The highest BCUT2D eigenvalue weighted by Gasteiger charge is 2.33. The lowest BCUT2D eigenvalue weighted by molar-refractivity contribution is 0.0958. The molecule has 2 aromatic heterocycles. The third-order valence-corrected chi connectivity index (χ3v) is 5.40. The molecule has 2 aromatic rings. The zero-order chi connectivity index (χ0) is 18.1. The van der Waals surface area contributed by atoms with Gasteiger partial charge >= 0.3 is 0 Å². The Labute approximate surface area is 157 Å². The van der Waals surface area contributed by atoms with Crippen molar-refractivity contribution in [3.05, 3.63) is 35.2 Å². The molecule has 136 valence electrons.